The summed E-state index contributed by atoms with van der Waals surface area (Å²) in [6.07, 6.45) is 0. The van der Waals surface area contributed by atoms with Crippen molar-refractivity contribution in [3.8, 4) is 17.1 Å². The second-order valence-corrected chi connectivity index (χ2v) is 8.62. The summed E-state index contributed by atoms with van der Waals surface area (Å²) >= 11 is 13.9. The van der Waals surface area contributed by atoms with Gasteiger partial charge in [0.05, 0.1) is 29.7 Å². The molecule has 0 N–H and O–H groups in total. The van der Waals surface area contributed by atoms with Crippen molar-refractivity contribution in [3.63, 3.8) is 0 Å². The highest BCUT2D eigenvalue weighted by atomic mass is 35.5. The molecule has 0 atom stereocenters. The Morgan fingerprint density at radius 1 is 1.13 bits per heavy atom. The second-order valence-electron chi connectivity index (χ2n) is 6.83. The van der Waals surface area contributed by atoms with Crippen LogP contribution in [-0.4, -0.2) is 57.6 Å². The van der Waals surface area contributed by atoms with Gasteiger partial charge in [0.15, 0.2) is 11.0 Å². The van der Waals surface area contributed by atoms with Crippen LogP contribution in [0.25, 0.3) is 17.1 Å². The van der Waals surface area contributed by atoms with E-state index in [4.69, 9.17) is 27.9 Å². The van der Waals surface area contributed by atoms with Crippen molar-refractivity contribution >= 4 is 40.9 Å². The highest BCUT2D eigenvalue weighted by molar-refractivity contribution is 7.99. The molecule has 1 aromatic heterocycles. The average Bonchev–Trinajstić information content (AvgIpc) is 3.16. The molecule has 4 rings (SSSR count). The maximum Gasteiger partial charge on any atom is 0.233 e. The minimum absolute atomic E-state index is 0.0636. The molecule has 30 heavy (non-hydrogen) atoms. The minimum atomic E-state index is 0.0636. The molecule has 9 heteroatoms. The summed E-state index contributed by atoms with van der Waals surface area (Å²) in [6, 6.07) is 13.3. The number of carbonyl (C=O) groups is 1. The number of nitrogens with zero attached hydrogens (tertiary/aromatic N) is 4. The number of aromatic nitrogens is 3. The van der Waals surface area contributed by atoms with Gasteiger partial charge in [0, 0.05) is 23.7 Å². The van der Waals surface area contributed by atoms with E-state index in [1.807, 2.05) is 46.7 Å². The number of rotatable bonds is 5. The van der Waals surface area contributed by atoms with Crippen LogP contribution in [0.2, 0.25) is 10.0 Å². The lowest BCUT2D eigenvalue weighted by Crippen LogP contribution is -2.41. The molecule has 1 fully saturated rings. The maximum atomic E-state index is 12.6. The van der Waals surface area contributed by atoms with Crippen LogP contribution in [0.1, 0.15) is 5.56 Å². The lowest BCUT2D eigenvalue weighted by atomic mass is 10.1. The number of hydrogen-bond donors (Lipinski definition) is 0. The van der Waals surface area contributed by atoms with E-state index in [1.165, 1.54) is 11.8 Å². The Kier molecular flexibility index (Phi) is 6.63. The van der Waals surface area contributed by atoms with Gasteiger partial charge in [-0.1, -0.05) is 53.2 Å². The first kappa shape index (κ1) is 21.2. The van der Waals surface area contributed by atoms with Gasteiger partial charge in [-0.15, -0.1) is 10.2 Å². The number of ether oxygens (including phenoxy) is 1. The molecule has 0 bridgehead atoms. The summed E-state index contributed by atoms with van der Waals surface area (Å²) in [6.45, 7) is 4.42. The summed E-state index contributed by atoms with van der Waals surface area (Å²) in [5.74, 6) is 0.944. The molecule has 1 aliphatic rings. The van der Waals surface area contributed by atoms with Crippen LogP contribution in [0.15, 0.2) is 47.6 Å². The fourth-order valence-corrected chi connectivity index (χ4v) is 4.61. The zero-order chi connectivity index (χ0) is 21.1. The number of benzene rings is 2. The molecule has 0 unspecified atom stereocenters. The SMILES string of the molecule is Cc1ccccc1-n1c(SCC(=O)N2CCOCC2)nnc1-c1ccc(Cl)cc1Cl. The van der Waals surface area contributed by atoms with Crippen molar-refractivity contribution in [3.05, 3.63) is 58.1 Å². The Hall–Kier alpha value is -2.06. The van der Waals surface area contributed by atoms with Gasteiger partial charge < -0.3 is 9.64 Å². The summed E-state index contributed by atoms with van der Waals surface area (Å²) in [5, 5.41) is 10.5. The van der Waals surface area contributed by atoms with Gasteiger partial charge in [0.25, 0.3) is 0 Å². The highest BCUT2D eigenvalue weighted by Gasteiger charge is 2.22. The van der Waals surface area contributed by atoms with Gasteiger partial charge in [-0.3, -0.25) is 9.36 Å². The number of thioether (sulfide) groups is 1. The summed E-state index contributed by atoms with van der Waals surface area (Å²) in [7, 11) is 0. The smallest absolute Gasteiger partial charge is 0.233 e. The van der Waals surface area contributed by atoms with Crippen LogP contribution < -0.4 is 0 Å². The number of para-hydroxylation sites is 1. The van der Waals surface area contributed by atoms with Gasteiger partial charge in [0.1, 0.15) is 0 Å². The Morgan fingerprint density at radius 3 is 2.63 bits per heavy atom. The molecule has 0 spiro atoms. The zero-order valence-corrected chi connectivity index (χ0v) is 18.7. The predicted molar refractivity (Wildman–Crippen MR) is 120 cm³/mol. The minimum Gasteiger partial charge on any atom is -0.378 e. The molecule has 6 nitrogen and oxygen atoms in total. The average molecular weight is 463 g/mol. The molecule has 3 aromatic rings. The monoisotopic (exact) mass is 462 g/mol. The van der Waals surface area contributed by atoms with Crippen LogP contribution in [0.4, 0.5) is 0 Å². The van der Waals surface area contributed by atoms with E-state index in [1.54, 1.807) is 12.1 Å². The fraction of sp³-hybridized carbons (Fsp3) is 0.286. The Bertz CT molecular complexity index is 1070. The Labute approximate surface area is 189 Å². The van der Waals surface area contributed by atoms with Crippen molar-refractivity contribution < 1.29 is 9.53 Å². The van der Waals surface area contributed by atoms with Crippen molar-refractivity contribution in [2.24, 2.45) is 0 Å². The summed E-state index contributed by atoms with van der Waals surface area (Å²) < 4.78 is 7.27. The first-order valence-corrected chi connectivity index (χ1v) is 11.2. The van der Waals surface area contributed by atoms with Crippen LogP contribution in [0, 0.1) is 6.92 Å². The number of halogens is 2. The van der Waals surface area contributed by atoms with E-state index in [9.17, 15) is 4.79 Å². The third-order valence-electron chi connectivity index (χ3n) is 4.85. The number of amides is 1. The van der Waals surface area contributed by atoms with E-state index in [2.05, 4.69) is 10.2 Å². The number of carbonyl (C=O) groups excluding carboxylic acids is 1. The Morgan fingerprint density at radius 2 is 1.90 bits per heavy atom. The Balaban J connectivity index is 1.69. The maximum absolute atomic E-state index is 12.6. The van der Waals surface area contributed by atoms with E-state index >= 15 is 0 Å². The topological polar surface area (TPSA) is 60.2 Å². The number of hydrogen-bond acceptors (Lipinski definition) is 5. The molecular weight excluding hydrogens is 443 g/mol. The molecule has 2 heterocycles. The van der Waals surface area contributed by atoms with Gasteiger partial charge in [-0.05, 0) is 36.8 Å². The van der Waals surface area contributed by atoms with Crippen molar-refractivity contribution in [1.29, 1.82) is 0 Å². The number of aryl methyl sites for hydroxylation is 1. The molecule has 156 valence electrons. The molecule has 0 radical (unpaired) electrons. The molecule has 0 aliphatic carbocycles. The van der Waals surface area contributed by atoms with Crippen LogP contribution in [0.5, 0.6) is 0 Å². The molecule has 2 aromatic carbocycles. The first-order valence-electron chi connectivity index (χ1n) is 9.50. The molecule has 1 saturated heterocycles. The molecule has 1 amide bonds. The van der Waals surface area contributed by atoms with Gasteiger partial charge in [0.2, 0.25) is 5.91 Å². The highest BCUT2D eigenvalue weighted by Crippen LogP contribution is 2.34. The van der Waals surface area contributed by atoms with Crippen molar-refractivity contribution in [2.75, 3.05) is 32.1 Å². The fourth-order valence-electron chi connectivity index (χ4n) is 3.27. The standard InChI is InChI=1S/C21H20Cl2N4O2S/c1-14-4-2-3-5-18(14)27-20(16-7-6-15(22)12-17(16)23)24-25-21(27)30-13-19(28)26-8-10-29-11-9-26/h2-7,12H,8-11,13H2,1H3. The largest absolute Gasteiger partial charge is 0.378 e. The van der Waals surface area contributed by atoms with E-state index in [-0.39, 0.29) is 11.7 Å². The zero-order valence-electron chi connectivity index (χ0n) is 16.3. The lowest BCUT2D eigenvalue weighted by Gasteiger charge is -2.26. The molecule has 1 aliphatic heterocycles. The first-order chi connectivity index (χ1) is 14.5. The predicted octanol–water partition coefficient (Wildman–Crippen LogP) is 4.50. The summed E-state index contributed by atoms with van der Waals surface area (Å²) in [5.41, 5.74) is 2.72. The third kappa shape index (κ3) is 4.49. The van der Waals surface area contributed by atoms with E-state index in [0.29, 0.717) is 47.3 Å². The molecule has 0 saturated carbocycles. The van der Waals surface area contributed by atoms with Crippen molar-refractivity contribution in [2.45, 2.75) is 12.1 Å². The lowest BCUT2D eigenvalue weighted by molar-refractivity contribution is -0.132. The van der Waals surface area contributed by atoms with Gasteiger partial charge in [-0.25, -0.2) is 0 Å². The normalized spacial score (nSPS) is 14.2. The second kappa shape index (κ2) is 9.39. The van der Waals surface area contributed by atoms with Gasteiger partial charge in [-0.2, -0.15) is 0 Å². The van der Waals surface area contributed by atoms with Crippen LogP contribution in [0.3, 0.4) is 0 Å². The van der Waals surface area contributed by atoms with Crippen LogP contribution >= 0.6 is 35.0 Å². The summed E-state index contributed by atoms with van der Waals surface area (Å²) in [4.78, 5) is 14.4. The van der Waals surface area contributed by atoms with E-state index < -0.39 is 0 Å². The third-order valence-corrected chi connectivity index (χ3v) is 6.31. The number of morpholine rings is 1. The van der Waals surface area contributed by atoms with Crippen molar-refractivity contribution in [1.82, 2.24) is 19.7 Å². The van der Waals surface area contributed by atoms with Gasteiger partial charge >= 0.3 is 0 Å². The molecular formula is C21H20Cl2N4O2S. The quantitative estimate of drug-likeness (QED) is 0.522. The van der Waals surface area contributed by atoms with Crippen LogP contribution in [-0.2, 0) is 9.53 Å². The van der Waals surface area contributed by atoms with E-state index in [0.717, 1.165) is 16.8 Å².